The quantitative estimate of drug-likeness (QED) is 0.420. The topological polar surface area (TPSA) is 88.9 Å². The second-order valence-corrected chi connectivity index (χ2v) is 8.92. The number of carbonyl (C=O) groups excluding carboxylic acids is 2. The van der Waals surface area contributed by atoms with Gasteiger partial charge in [0.25, 0.3) is 5.91 Å². The number of nitrogens with one attached hydrogen (secondary N) is 2. The molecule has 3 rings (SSSR count). The van der Waals surface area contributed by atoms with Crippen molar-refractivity contribution in [2.45, 2.75) is 18.1 Å². The van der Waals surface area contributed by atoms with Crippen LogP contribution in [-0.2, 0) is 11.8 Å². The number of benzene rings is 2. The van der Waals surface area contributed by atoms with Crippen molar-refractivity contribution in [1.82, 2.24) is 20.1 Å². The largest absolute Gasteiger partial charge is 0.342 e. The first-order valence-electron chi connectivity index (χ1n) is 9.18. The van der Waals surface area contributed by atoms with Crippen LogP contribution in [0.5, 0.6) is 0 Å². The van der Waals surface area contributed by atoms with Crippen LogP contribution < -0.4 is 10.6 Å². The molecule has 2 aromatic carbocycles. The van der Waals surface area contributed by atoms with Gasteiger partial charge in [-0.1, -0.05) is 23.4 Å². The molecule has 7 nitrogen and oxygen atoms in total. The fourth-order valence-corrected chi connectivity index (χ4v) is 4.09. The molecule has 1 heterocycles. The van der Waals surface area contributed by atoms with Gasteiger partial charge in [-0.15, -0.1) is 10.2 Å². The van der Waals surface area contributed by atoms with E-state index in [1.807, 2.05) is 0 Å². The van der Waals surface area contributed by atoms with Crippen molar-refractivity contribution in [3.63, 3.8) is 0 Å². The second-order valence-electron chi connectivity index (χ2n) is 6.68. The second kappa shape index (κ2) is 10.4. The van der Waals surface area contributed by atoms with Gasteiger partial charge in [0.1, 0.15) is 5.82 Å². The van der Waals surface area contributed by atoms with Gasteiger partial charge in [-0.3, -0.25) is 9.59 Å². The van der Waals surface area contributed by atoms with Crippen LogP contribution in [0.25, 0.3) is 0 Å². The van der Waals surface area contributed by atoms with E-state index in [-0.39, 0.29) is 21.8 Å². The highest BCUT2D eigenvalue weighted by Gasteiger charge is 2.20. The summed E-state index contributed by atoms with van der Waals surface area (Å²) >= 11 is 9.95. The van der Waals surface area contributed by atoms with Crippen molar-refractivity contribution in [1.29, 1.82) is 0 Å². The van der Waals surface area contributed by atoms with Crippen molar-refractivity contribution in [2.75, 3.05) is 11.1 Å². The number of rotatable bonds is 7. The Morgan fingerprint density at radius 3 is 2.56 bits per heavy atom. The lowest BCUT2D eigenvalue weighted by Gasteiger charge is -2.13. The Morgan fingerprint density at radius 2 is 1.91 bits per heavy atom. The maximum Gasteiger partial charge on any atom is 0.251 e. The number of amides is 2. The summed E-state index contributed by atoms with van der Waals surface area (Å²) in [5, 5.41) is 14.3. The van der Waals surface area contributed by atoms with Crippen LogP contribution in [0.15, 0.2) is 46.0 Å². The molecular weight excluding hydrogens is 528 g/mol. The Labute approximate surface area is 200 Å². The molecule has 2 amide bonds. The van der Waals surface area contributed by atoms with E-state index in [0.29, 0.717) is 27.6 Å². The number of carbonyl (C=O) groups is 2. The Kier molecular flexibility index (Phi) is 7.86. The first kappa shape index (κ1) is 24.1. The van der Waals surface area contributed by atoms with Crippen LogP contribution in [0.3, 0.4) is 0 Å². The van der Waals surface area contributed by atoms with Crippen molar-refractivity contribution in [3.05, 3.63) is 68.9 Å². The number of nitrogens with zero attached hydrogens (tertiary/aromatic N) is 3. The first-order valence-corrected chi connectivity index (χ1v) is 11.3. The number of hydrogen-bond donors (Lipinski definition) is 2. The van der Waals surface area contributed by atoms with Crippen molar-refractivity contribution in [3.8, 4) is 0 Å². The smallest absolute Gasteiger partial charge is 0.251 e. The number of halogens is 4. The van der Waals surface area contributed by atoms with Crippen LogP contribution in [0, 0.1) is 11.6 Å². The summed E-state index contributed by atoms with van der Waals surface area (Å²) in [4.78, 5) is 24.6. The van der Waals surface area contributed by atoms with Crippen LogP contribution in [0.2, 0.25) is 5.02 Å². The van der Waals surface area contributed by atoms with Crippen molar-refractivity contribution >= 4 is 56.8 Å². The van der Waals surface area contributed by atoms with Gasteiger partial charge in [-0.25, -0.2) is 8.78 Å². The summed E-state index contributed by atoms with van der Waals surface area (Å²) in [6.07, 6.45) is 0. The number of anilines is 1. The van der Waals surface area contributed by atoms with Gasteiger partial charge in [-0.2, -0.15) is 0 Å². The monoisotopic (exact) mass is 543 g/mol. The van der Waals surface area contributed by atoms with E-state index >= 15 is 0 Å². The van der Waals surface area contributed by atoms with Gasteiger partial charge in [0, 0.05) is 28.2 Å². The lowest BCUT2D eigenvalue weighted by molar-refractivity contribution is -0.113. The predicted molar refractivity (Wildman–Crippen MR) is 122 cm³/mol. The molecule has 0 saturated heterocycles. The molecule has 0 spiro atoms. The van der Waals surface area contributed by atoms with E-state index in [9.17, 15) is 18.4 Å². The highest BCUT2D eigenvalue weighted by molar-refractivity contribution is 9.10. The lowest BCUT2D eigenvalue weighted by Crippen LogP contribution is -2.28. The summed E-state index contributed by atoms with van der Waals surface area (Å²) in [5.41, 5.74) is 0.308. The third kappa shape index (κ3) is 5.84. The molecule has 1 aromatic heterocycles. The van der Waals surface area contributed by atoms with E-state index < -0.39 is 23.6 Å². The molecular formula is C20H17BrClF2N5O2S. The van der Waals surface area contributed by atoms with Gasteiger partial charge in [0.15, 0.2) is 16.8 Å². The summed E-state index contributed by atoms with van der Waals surface area (Å²) in [7, 11) is 1.71. The molecule has 2 N–H and O–H groups in total. The Balaban J connectivity index is 1.60. The highest BCUT2D eigenvalue weighted by Crippen LogP contribution is 2.27. The zero-order valence-electron chi connectivity index (χ0n) is 16.8. The van der Waals surface area contributed by atoms with E-state index in [1.54, 1.807) is 42.8 Å². The van der Waals surface area contributed by atoms with E-state index in [0.717, 1.165) is 17.8 Å². The maximum absolute atomic E-state index is 13.9. The normalized spacial score (nSPS) is 11.8. The van der Waals surface area contributed by atoms with E-state index in [2.05, 4.69) is 36.8 Å². The average molecular weight is 545 g/mol. The van der Waals surface area contributed by atoms with Crippen LogP contribution in [0.4, 0.5) is 14.5 Å². The maximum atomic E-state index is 13.9. The molecule has 0 aliphatic heterocycles. The molecule has 0 saturated carbocycles. The average Bonchev–Trinajstić information content (AvgIpc) is 3.10. The van der Waals surface area contributed by atoms with Gasteiger partial charge in [-0.05, 0) is 53.2 Å². The van der Waals surface area contributed by atoms with Crippen molar-refractivity contribution in [2.24, 2.45) is 7.05 Å². The van der Waals surface area contributed by atoms with Crippen molar-refractivity contribution < 1.29 is 18.4 Å². The Bertz CT molecular complexity index is 1140. The van der Waals surface area contributed by atoms with Gasteiger partial charge < -0.3 is 15.2 Å². The predicted octanol–water partition coefficient (Wildman–Crippen LogP) is 4.73. The van der Waals surface area contributed by atoms with Gasteiger partial charge in [0.05, 0.1) is 17.5 Å². The third-order valence-electron chi connectivity index (χ3n) is 4.31. The molecule has 12 heteroatoms. The minimum Gasteiger partial charge on any atom is -0.342 e. The summed E-state index contributed by atoms with van der Waals surface area (Å²) < 4.78 is 28.8. The van der Waals surface area contributed by atoms with E-state index in [4.69, 9.17) is 11.6 Å². The molecule has 0 aliphatic carbocycles. The van der Waals surface area contributed by atoms with Gasteiger partial charge in [0.2, 0.25) is 5.91 Å². The zero-order chi connectivity index (χ0) is 23.4. The molecule has 0 fully saturated rings. The summed E-state index contributed by atoms with van der Waals surface area (Å²) in [6.45, 7) is 1.76. The fourth-order valence-electron chi connectivity index (χ4n) is 2.74. The van der Waals surface area contributed by atoms with Crippen LogP contribution in [0.1, 0.15) is 29.1 Å². The first-order chi connectivity index (χ1) is 15.2. The molecule has 0 aliphatic rings. The SMILES string of the molecule is C[C@@H](NC(=O)c1ccc(Cl)cc1)c1nnc(SCC(=O)Nc2c(F)cc(F)cc2Br)n1C. The minimum atomic E-state index is -0.888. The molecule has 0 radical (unpaired) electrons. The lowest BCUT2D eigenvalue weighted by atomic mass is 10.2. The fraction of sp³-hybridized carbons (Fsp3) is 0.200. The van der Waals surface area contributed by atoms with Crippen LogP contribution >= 0.6 is 39.3 Å². The molecule has 32 heavy (non-hydrogen) atoms. The standard InChI is InChI=1S/C20H17BrClF2N5O2S/c1-10(25-19(31)11-3-5-12(22)6-4-11)18-27-28-20(29(18)2)32-9-16(30)26-17-14(21)7-13(23)8-15(17)24/h3-8,10H,9H2,1-2H3,(H,25,31)(H,26,30)/t10-/m1/s1. The van der Waals surface area contributed by atoms with Gasteiger partial charge >= 0.3 is 0 Å². The van der Waals surface area contributed by atoms with E-state index in [1.165, 1.54) is 0 Å². The highest BCUT2D eigenvalue weighted by atomic mass is 79.9. The molecule has 0 unspecified atom stereocenters. The zero-order valence-corrected chi connectivity index (χ0v) is 20.0. The number of thioether (sulfide) groups is 1. The van der Waals surface area contributed by atoms with Crippen LogP contribution in [-0.4, -0.2) is 32.3 Å². The molecule has 3 aromatic rings. The summed E-state index contributed by atoms with van der Waals surface area (Å²) in [5.74, 6) is -2.04. The Morgan fingerprint density at radius 1 is 1.22 bits per heavy atom. The molecule has 1 atom stereocenters. The Hall–Kier alpha value is -2.50. The third-order valence-corrected chi connectivity index (χ3v) is 6.21. The molecule has 0 bridgehead atoms. The minimum absolute atomic E-state index is 0.0826. The molecule has 168 valence electrons. The summed E-state index contributed by atoms with van der Waals surface area (Å²) in [6, 6.07) is 7.76. The number of hydrogen-bond acceptors (Lipinski definition) is 5. The number of aromatic nitrogens is 3.